The summed E-state index contributed by atoms with van der Waals surface area (Å²) in [6, 6.07) is 15.2. The molecule has 2 heterocycles. The molecule has 18 nitrogen and oxygen atoms in total. The number of esters is 1. The molecule has 0 aliphatic heterocycles. The second-order valence-electron chi connectivity index (χ2n) is 16.4. The molecule has 2 aromatic heterocycles. The number of carbonyl (C=O) groups is 7. The first kappa shape index (κ1) is 57.8. The van der Waals surface area contributed by atoms with Crippen molar-refractivity contribution >= 4 is 88.7 Å². The van der Waals surface area contributed by atoms with E-state index < -0.39 is 65.5 Å². The van der Waals surface area contributed by atoms with Gasteiger partial charge in [-0.15, -0.1) is 22.7 Å². The van der Waals surface area contributed by atoms with Crippen LogP contribution >= 0.6 is 47.1 Å². The van der Waals surface area contributed by atoms with Crippen molar-refractivity contribution in [2.75, 3.05) is 24.9 Å². The lowest BCUT2D eigenvalue weighted by molar-refractivity contribution is -0.143. The fraction of sp³-hybridized carbons (Fsp3) is 0.468. The highest BCUT2D eigenvalue weighted by Gasteiger charge is 2.29. The number of unbranched alkanes of at least 4 members (excludes halogenated alkanes) is 2. The normalized spacial score (nSPS) is 12.7. The fourth-order valence-corrected chi connectivity index (χ4v) is 8.88. The third kappa shape index (κ3) is 19.4. The van der Waals surface area contributed by atoms with Gasteiger partial charge in [0.2, 0.25) is 11.8 Å². The number of carboxylic acid groups (broad SMARTS) is 1. The van der Waals surface area contributed by atoms with Crippen LogP contribution in [0.15, 0.2) is 60.7 Å². The molecule has 0 saturated carbocycles. The number of hydrogen-bond acceptors (Lipinski definition) is 16. The number of aromatic nitrogens is 2. The third-order valence-corrected chi connectivity index (χ3v) is 12.9. The predicted octanol–water partition coefficient (Wildman–Crippen LogP) is 6.20. The lowest BCUT2D eigenvalue weighted by Crippen LogP contribution is -2.49. The summed E-state index contributed by atoms with van der Waals surface area (Å²) in [5, 5.41) is 23.8. The van der Waals surface area contributed by atoms with Crippen molar-refractivity contribution in [1.82, 2.24) is 36.6 Å². The molecular weight excluding hydrogens is 965 g/mol. The first-order valence-corrected chi connectivity index (χ1v) is 25.9. The fourth-order valence-electron chi connectivity index (χ4n) is 6.14. The van der Waals surface area contributed by atoms with Crippen LogP contribution in [0.25, 0.3) is 20.9 Å². The summed E-state index contributed by atoms with van der Waals surface area (Å²) >= 11 is 7.94. The number of nitrogens with zero attached hydrogens (tertiary/aromatic N) is 2. The van der Waals surface area contributed by atoms with Crippen molar-refractivity contribution in [2.45, 2.75) is 116 Å². The maximum absolute atomic E-state index is 13.3. The number of amides is 5. The van der Waals surface area contributed by atoms with Gasteiger partial charge in [-0.2, -0.15) is 24.4 Å². The van der Waals surface area contributed by atoms with E-state index >= 15 is 0 Å². The van der Waals surface area contributed by atoms with Gasteiger partial charge in [-0.25, -0.2) is 24.4 Å². The average molecular weight is 1030 g/mol. The van der Waals surface area contributed by atoms with Crippen LogP contribution in [-0.2, 0) is 41.7 Å². The number of benzene rings is 2. The lowest BCUT2D eigenvalue weighted by atomic mass is 10.1. The number of carboxylic acids is 1. The molecule has 0 radical (unpaired) electrons. The maximum Gasteiger partial charge on any atom is 0.408 e. The van der Waals surface area contributed by atoms with Crippen LogP contribution in [0.5, 0.6) is 0 Å². The Morgan fingerprint density at radius 1 is 0.739 bits per heavy atom. The molecule has 0 spiro atoms. The molecule has 5 amide bonds. The molecule has 4 rings (SSSR count). The minimum Gasteiger partial charge on any atom is -0.480 e. The number of thioether (sulfide) groups is 1. The number of thiol groups is 1. The largest absolute Gasteiger partial charge is 0.480 e. The van der Waals surface area contributed by atoms with E-state index in [4.69, 9.17) is 15.2 Å². The number of nitrogens with two attached hydrogens (primary N) is 1. The molecule has 22 heteroatoms. The molecule has 0 aliphatic rings. The SMILES string of the molecule is CCCC[C@H](NC(=O)c1nc(CNC(=O)[C@@H](N)CS)sc1-c1ccccc1)C(=O)O.CCCC[C@H](NC(=O)c1nc(CNC(=O)[C@H](CSC)NC(=O)OC(C)(C)C)sc1-c1ccccc1)C(=O)OC. The Balaban J connectivity index is 0.000000378. The van der Waals surface area contributed by atoms with Crippen LogP contribution in [0.3, 0.4) is 0 Å². The summed E-state index contributed by atoms with van der Waals surface area (Å²) in [4.78, 5) is 97.1. The first-order chi connectivity index (χ1) is 32.8. The van der Waals surface area contributed by atoms with Crippen LogP contribution in [0, 0.1) is 0 Å². The number of ether oxygens (including phenoxy) is 2. The van der Waals surface area contributed by atoms with E-state index in [-0.39, 0.29) is 36.1 Å². The van der Waals surface area contributed by atoms with Crippen molar-refractivity contribution < 1.29 is 48.1 Å². The van der Waals surface area contributed by atoms with E-state index in [0.717, 1.165) is 30.4 Å². The van der Waals surface area contributed by atoms with Crippen molar-refractivity contribution in [3.63, 3.8) is 0 Å². The monoisotopic (exact) mass is 1030 g/mol. The highest BCUT2D eigenvalue weighted by molar-refractivity contribution is 7.98. The maximum atomic E-state index is 13.3. The van der Waals surface area contributed by atoms with Crippen molar-refractivity contribution in [2.24, 2.45) is 5.73 Å². The topological polar surface area (TPSA) is 270 Å². The molecule has 0 saturated heterocycles. The van der Waals surface area contributed by atoms with Crippen LogP contribution in [0.4, 0.5) is 4.79 Å². The number of rotatable bonds is 24. The number of alkyl carbamates (subject to hydrolysis) is 1. The minimum absolute atomic E-state index is 0.0494. The highest BCUT2D eigenvalue weighted by Crippen LogP contribution is 2.32. The van der Waals surface area contributed by atoms with Crippen LogP contribution in [-0.4, -0.2) is 111 Å². The number of carbonyl (C=O) groups excluding carboxylic acids is 6. The third-order valence-electron chi connectivity index (χ3n) is 9.63. The van der Waals surface area contributed by atoms with Crippen LogP contribution in [0.2, 0.25) is 0 Å². The molecule has 0 unspecified atom stereocenters. The molecule has 0 fully saturated rings. The van der Waals surface area contributed by atoms with Gasteiger partial charge in [0.25, 0.3) is 11.8 Å². The van der Waals surface area contributed by atoms with E-state index in [0.29, 0.717) is 44.8 Å². The highest BCUT2D eigenvalue weighted by atomic mass is 32.2. The van der Waals surface area contributed by atoms with Gasteiger partial charge in [0.05, 0.1) is 36.0 Å². The van der Waals surface area contributed by atoms with Gasteiger partial charge >= 0.3 is 18.0 Å². The van der Waals surface area contributed by atoms with Gasteiger partial charge in [-0.05, 0) is 51.0 Å². The zero-order valence-corrected chi connectivity index (χ0v) is 43.3. The van der Waals surface area contributed by atoms with Gasteiger partial charge in [0, 0.05) is 11.5 Å². The van der Waals surface area contributed by atoms with Gasteiger partial charge in [0.15, 0.2) is 0 Å². The minimum atomic E-state index is -1.08. The molecular formula is C47H64N8O10S4. The van der Waals surface area contributed by atoms with Gasteiger partial charge < -0.3 is 46.9 Å². The summed E-state index contributed by atoms with van der Waals surface area (Å²) in [6.45, 7) is 9.34. The average Bonchev–Trinajstić information content (AvgIpc) is 3.97. The Morgan fingerprint density at radius 2 is 1.20 bits per heavy atom. The van der Waals surface area contributed by atoms with Crippen LogP contribution in [0.1, 0.15) is 104 Å². The Labute approximate surface area is 420 Å². The molecule has 2 aromatic carbocycles. The predicted molar refractivity (Wildman–Crippen MR) is 273 cm³/mol. The molecule has 0 aliphatic carbocycles. The molecule has 376 valence electrons. The Morgan fingerprint density at radius 3 is 1.62 bits per heavy atom. The van der Waals surface area contributed by atoms with E-state index in [2.05, 4.69) is 49.2 Å². The first-order valence-electron chi connectivity index (χ1n) is 22.3. The molecule has 69 heavy (non-hydrogen) atoms. The van der Waals surface area contributed by atoms with Crippen molar-refractivity contribution in [1.29, 1.82) is 0 Å². The molecule has 0 bridgehead atoms. The summed E-state index contributed by atoms with van der Waals surface area (Å²) in [7, 11) is 1.29. The van der Waals surface area contributed by atoms with E-state index in [1.807, 2.05) is 80.8 Å². The van der Waals surface area contributed by atoms with Gasteiger partial charge in [-0.3, -0.25) is 19.2 Å². The summed E-state index contributed by atoms with van der Waals surface area (Å²) < 4.78 is 10.1. The van der Waals surface area contributed by atoms with E-state index in [1.54, 1.807) is 20.8 Å². The Kier molecular flexibility index (Phi) is 24.7. The molecule has 4 atom stereocenters. The summed E-state index contributed by atoms with van der Waals surface area (Å²) in [5.41, 5.74) is 6.82. The number of thiazole rings is 2. The van der Waals surface area contributed by atoms with Gasteiger partial charge in [-0.1, -0.05) is 100 Å². The van der Waals surface area contributed by atoms with Gasteiger partial charge in [0.1, 0.15) is 45.1 Å². The second kappa shape index (κ2) is 29.5. The molecule has 8 N–H and O–H groups in total. The van der Waals surface area contributed by atoms with E-state index in [9.17, 15) is 38.7 Å². The number of hydrogen-bond donors (Lipinski definition) is 8. The quantitative estimate of drug-likeness (QED) is 0.0287. The summed E-state index contributed by atoms with van der Waals surface area (Å²) in [5.74, 6) is -2.86. The second-order valence-corrected chi connectivity index (χ2v) is 19.8. The van der Waals surface area contributed by atoms with Crippen LogP contribution < -0.4 is 32.3 Å². The van der Waals surface area contributed by atoms with Crippen molar-refractivity contribution in [3.05, 3.63) is 82.1 Å². The zero-order chi connectivity index (χ0) is 51.1. The summed E-state index contributed by atoms with van der Waals surface area (Å²) in [6.07, 6.45) is 5.05. The number of nitrogens with one attached hydrogen (secondary N) is 5. The number of methoxy groups -OCH3 is 1. The van der Waals surface area contributed by atoms with E-state index in [1.165, 1.54) is 41.5 Å². The number of aliphatic carboxylic acids is 1. The standard InChI is InChI=1S/C27H38N4O6S2.C20H26N4O4S2/c1-7-8-14-18(25(34)36-5)29-24(33)21-22(17-12-10-9-11-13-17)39-20(31-21)15-28-23(32)19(16-38-6)30-26(35)37-27(2,3)4;1-2-3-9-14(20(27)28)23-19(26)16-17(12-7-5-4-6-8-12)30-15(24-16)10-22-18(25)13(21)11-29/h9-13,18-19H,7-8,14-16H2,1-6H3,(H,28,32)(H,29,33)(H,30,35);4-8,13-14,29H,2-3,9-11,21H2,1H3,(H,22,25)(H,23,26)(H,27,28)/t18-,19-;13-,14-/m00/s1. The molecule has 4 aromatic rings. The van der Waals surface area contributed by atoms with Crippen molar-refractivity contribution in [3.8, 4) is 20.9 Å². The Bertz CT molecular complexity index is 2310. The lowest BCUT2D eigenvalue weighted by Gasteiger charge is -2.22. The zero-order valence-electron chi connectivity index (χ0n) is 39.9. The Hall–Kier alpha value is -5.55. The smallest absolute Gasteiger partial charge is 0.408 e.